The van der Waals surface area contributed by atoms with E-state index in [9.17, 15) is 9.36 Å². The fraction of sp³-hybridized carbons (Fsp3) is 0.545. The molecule has 2 aromatic rings. The molecule has 1 saturated heterocycles. The van der Waals surface area contributed by atoms with Crippen LogP contribution in [0.4, 0.5) is 5.13 Å². The summed E-state index contributed by atoms with van der Waals surface area (Å²) in [6.45, 7) is 9.61. The fourth-order valence-electron chi connectivity index (χ4n) is 3.36. The maximum Gasteiger partial charge on any atom is 0.336 e. The second-order valence-corrected chi connectivity index (χ2v) is 10.7. The van der Waals surface area contributed by atoms with Crippen molar-refractivity contribution < 1.29 is 27.9 Å². The van der Waals surface area contributed by atoms with E-state index in [0.717, 1.165) is 19.5 Å². The third-order valence-corrected chi connectivity index (χ3v) is 7.43. The molecular formula is C22H32N3O6PS. The van der Waals surface area contributed by atoms with E-state index in [1.807, 2.05) is 13.8 Å². The molecule has 0 spiro atoms. The molecular weight excluding hydrogens is 465 g/mol. The van der Waals surface area contributed by atoms with Crippen molar-refractivity contribution in [3.05, 3.63) is 34.8 Å². The first-order valence-corrected chi connectivity index (χ1v) is 13.7. The van der Waals surface area contributed by atoms with Crippen molar-refractivity contribution in [1.29, 1.82) is 0 Å². The molecule has 1 aromatic heterocycles. The average Bonchev–Trinajstić information content (AvgIpc) is 3.39. The van der Waals surface area contributed by atoms with E-state index in [1.165, 1.54) is 11.3 Å². The van der Waals surface area contributed by atoms with Gasteiger partial charge >= 0.3 is 7.60 Å². The van der Waals surface area contributed by atoms with Gasteiger partial charge in [-0.2, -0.15) is 0 Å². The largest absolute Gasteiger partial charge is 0.491 e. The standard InChI is InChI=1S/C22H32N3O6PS/c1-5-28-32(27,29-6-2)13-17-14-33-22(24-17)25-21(26)16-9-19(30-15(3)4)11-20(10-16)31-18-7-8-23-12-18/h9-11,14-15,18,23H,5-8,12-13H2,1-4H3,(H,24,25,26)/t18-/m0/s1. The first-order chi connectivity index (χ1) is 15.8. The van der Waals surface area contributed by atoms with Gasteiger partial charge in [-0.25, -0.2) is 4.98 Å². The van der Waals surface area contributed by atoms with Gasteiger partial charge in [0.25, 0.3) is 5.91 Å². The molecule has 0 bridgehead atoms. The van der Waals surface area contributed by atoms with Crippen LogP contribution in [0.15, 0.2) is 23.6 Å². The number of hydrogen-bond donors (Lipinski definition) is 2. The summed E-state index contributed by atoms with van der Waals surface area (Å²) >= 11 is 1.25. The summed E-state index contributed by atoms with van der Waals surface area (Å²) in [5, 5.41) is 8.20. The van der Waals surface area contributed by atoms with Crippen molar-refractivity contribution in [1.82, 2.24) is 10.3 Å². The van der Waals surface area contributed by atoms with E-state index in [2.05, 4.69) is 15.6 Å². The van der Waals surface area contributed by atoms with E-state index in [4.69, 9.17) is 18.5 Å². The van der Waals surface area contributed by atoms with Crippen LogP contribution in [-0.4, -0.2) is 49.4 Å². The predicted molar refractivity (Wildman–Crippen MR) is 129 cm³/mol. The zero-order valence-electron chi connectivity index (χ0n) is 19.5. The number of nitrogens with zero attached hydrogens (tertiary/aromatic N) is 1. The SMILES string of the molecule is CCOP(=O)(Cc1csc(NC(=O)c2cc(OC(C)C)cc(O[C@H]3CCNC3)c2)n1)OCC. The van der Waals surface area contributed by atoms with Gasteiger partial charge in [-0.15, -0.1) is 11.3 Å². The Morgan fingerprint density at radius 1 is 1.24 bits per heavy atom. The predicted octanol–water partition coefficient (Wildman–Crippen LogP) is 4.69. The third kappa shape index (κ3) is 7.79. The molecule has 182 valence electrons. The maximum absolute atomic E-state index is 13.0. The molecule has 1 aliphatic heterocycles. The van der Waals surface area contributed by atoms with E-state index in [1.54, 1.807) is 37.4 Å². The van der Waals surface area contributed by atoms with E-state index in [0.29, 0.717) is 27.9 Å². The van der Waals surface area contributed by atoms with Crippen LogP contribution in [0.2, 0.25) is 0 Å². The second kappa shape index (κ2) is 11.9. The van der Waals surface area contributed by atoms with Crippen molar-refractivity contribution in [2.75, 3.05) is 31.6 Å². The lowest BCUT2D eigenvalue weighted by Gasteiger charge is -2.16. The molecule has 0 unspecified atom stereocenters. The van der Waals surface area contributed by atoms with Crippen LogP contribution in [-0.2, 0) is 19.8 Å². The van der Waals surface area contributed by atoms with Crippen LogP contribution in [0.3, 0.4) is 0 Å². The summed E-state index contributed by atoms with van der Waals surface area (Å²) in [5.74, 6) is 0.811. The van der Waals surface area contributed by atoms with Gasteiger partial charge in [0.05, 0.1) is 31.2 Å². The van der Waals surface area contributed by atoms with Crippen molar-refractivity contribution in [2.45, 2.75) is 52.5 Å². The number of carbonyl (C=O) groups excluding carboxylic acids is 1. The summed E-state index contributed by atoms with van der Waals surface area (Å²) in [6.07, 6.45) is 0.971. The number of aromatic nitrogens is 1. The molecule has 0 aliphatic carbocycles. The van der Waals surface area contributed by atoms with E-state index in [-0.39, 0.29) is 37.5 Å². The Morgan fingerprint density at radius 3 is 2.61 bits per heavy atom. The quantitative estimate of drug-likeness (QED) is 0.407. The number of rotatable bonds is 12. The lowest BCUT2D eigenvalue weighted by Crippen LogP contribution is -2.20. The molecule has 0 radical (unpaired) electrons. The molecule has 0 saturated carbocycles. The van der Waals surface area contributed by atoms with Crippen molar-refractivity contribution in [2.24, 2.45) is 0 Å². The van der Waals surface area contributed by atoms with Crippen LogP contribution in [0, 0.1) is 0 Å². The summed E-state index contributed by atoms with van der Waals surface area (Å²) < 4.78 is 35.3. The molecule has 2 N–H and O–H groups in total. The van der Waals surface area contributed by atoms with Gasteiger partial charge in [0.1, 0.15) is 17.6 Å². The minimum atomic E-state index is -3.27. The number of ether oxygens (including phenoxy) is 2. The van der Waals surface area contributed by atoms with Gasteiger partial charge in [-0.3, -0.25) is 14.7 Å². The Balaban J connectivity index is 1.73. The lowest BCUT2D eigenvalue weighted by molar-refractivity contribution is 0.102. The zero-order valence-corrected chi connectivity index (χ0v) is 21.2. The highest BCUT2D eigenvalue weighted by Crippen LogP contribution is 2.51. The molecule has 2 heterocycles. The normalized spacial score (nSPS) is 16.2. The number of thiazole rings is 1. The topological polar surface area (TPSA) is 108 Å². The highest BCUT2D eigenvalue weighted by molar-refractivity contribution is 7.53. The number of benzene rings is 1. The number of anilines is 1. The van der Waals surface area contributed by atoms with Crippen LogP contribution >= 0.6 is 18.9 Å². The van der Waals surface area contributed by atoms with Crippen LogP contribution in [0.5, 0.6) is 11.5 Å². The van der Waals surface area contributed by atoms with Crippen LogP contribution in [0.25, 0.3) is 0 Å². The molecule has 3 rings (SSSR count). The maximum atomic E-state index is 13.0. The fourth-order valence-corrected chi connectivity index (χ4v) is 5.79. The van der Waals surface area contributed by atoms with Gasteiger partial charge < -0.3 is 23.8 Å². The molecule has 1 atom stereocenters. The zero-order chi connectivity index (χ0) is 23.8. The number of amides is 1. The average molecular weight is 498 g/mol. The molecule has 11 heteroatoms. The Bertz CT molecular complexity index is 967. The Labute approximate surface area is 198 Å². The second-order valence-electron chi connectivity index (χ2n) is 7.80. The highest BCUT2D eigenvalue weighted by Gasteiger charge is 2.26. The molecule has 1 fully saturated rings. The highest BCUT2D eigenvalue weighted by atomic mass is 32.1. The molecule has 1 aromatic carbocycles. The smallest absolute Gasteiger partial charge is 0.336 e. The third-order valence-electron chi connectivity index (χ3n) is 4.61. The summed E-state index contributed by atoms with van der Waals surface area (Å²) in [5.41, 5.74) is 0.940. The minimum absolute atomic E-state index is 0.0443. The Morgan fingerprint density at radius 2 is 1.97 bits per heavy atom. The van der Waals surface area contributed by atoms with Gasteiger partial charge in [0, 0.05) is 23.6 Å². The Kier molecular flexibility index (Phi) is 9.28. The monoisotopic (exact) mass is 497 g/mol. The van der Waals surface area contributed by atoms with Gasteiger partial charge in [0.2, 0.25) is 0 Å². The van der Waals surface area contributed by atoms with Crippen molar-refractivity contribution >= 4 is 30.0 Å². The lowest BCUT2D eigenvalue weighted by atomic mass is 10.2. The van der Waals surface area contributed by atoms with Gasteiger partial charge in [0.15, 0.2) is 5.13 Å². The first-order valence-electron chi connectivity index (χ1n) is 11.1. The molecule has 33 heavy (non-hydrogen) atoms. The molecule has 1 amide bonds. The number of hydrogen-bond acceptors (Lipinski definition) is 9. The number of carbonyl (C=O) groups is 1. The van der Waals surface area contributed by atoms with E-state index < -0.39 is 7.60 Å². The van der Waals surface area contributed by atoms with Crippen LogP contribution in [0.1, 0.15) is 50.2 Å². The minimum Gasteiger partial charge on any atom is -0.491 e. The van der Waals surface area contributed by atoms with E-state index >= 15 is 0 Å². The van der Waals surface area contributed by atoms with Gasteiger partial charge in [-0.05, 0) is 52.8 Å². The first kappa shape index (κ1) is 25.6. The van der Waals surface area contributed by atoms with Crippen molar-refractivity contribution in [3.8, 4) is 11.5 Å². The summed E-state index contributed by atoms with van der Waals surface area (Å²) in [7, 11) is -3.27. The molecule has 9 nitrogen and oxygen atoms in total. The summed E-state index contributed by atoms with van der Waals surface area (Å²) in [4.78, 5) is 17.4. The van der Waals surface area contributed by atoms with Gasteiger partial charge in [-0.1, -0.05) is 0 Å². The summed E-state index contributed by atoms with van der Waals surface area (Å²) in [6, 6.07) is 5.19. The van der Waals surface area contributed by atoms with Crippen molar-refractivity contribution in [3.63, 3.8) is 0 Å². The molecule has 1 aliphatic rings. The van der Waals surface area contributed by atoms with Crippen LogP contribution < -0.4 is 20.1 Å². The number of nitrogens with one attached hydrogen (secondary N) is 2. The Hall–Kier alpha value is -1.97.